The number of aryl methyl sites for hydroxylation is 3. The molecule has 0 unspecified atom stereocenters. The van der Waals surface area contributed by atoms with Crippen LogP contribution in [0.3, 0.4) is 0 Å². The topological polar surface area (TPSA) is 90.0 Å². The van der Waals surface area contributed by atoms with Crippen LogP contribution in [0, 0.1) is 20.8 Å². The number of amides is 1. The van der Waals surface area contributed by atoms with Gasteiger partial charge >= 0.3 is 0 Å². The van der Waals surface area contributed by atoms with Gasteiger partial charge in [0, 0.05) is 4.88 Å². The van der Waals surface area contributed by atoms with Crippen LogP contribution >= 0.6 is 11.3 Å². The fraction of sp³-hybridized carbons (Fsp3) is 0.364. The fourth-order valence-electron chi connectivity index (χ4n) is 1.80. The molecule has 6 nitrogen and oxygen atoms in total. The lowest BCUT2D eigenvalue weighted by Crippen LogP contribution is -2.37. The summed E-state index contributed by atoms with van der Waals surface area (Å²) >= 11 is 1.49. The first-order valence-corrected chi connectivity index (χ1v) is 6.24. The van der Waals surface area contributed by atoms with E-state index in [0.717, 1.165) is 15.3 Å². The molecule has 1 amide bonds. The highest BCUT2D eigenvalue weighted by atomic mass is 32.1. The number of nitrogens with two attached hydrogens (primary N) is 1. The van der Waals surface area contributed by atoms with Crippen LogP contribution in [0.25, 0.3) is 10.2 Å². The van der Waals surface area contributed by atoms with Gasteiger partial charge in [0.1, 0.15) is 17.2 Å². The quantitative estimate of drug-likeness (QED) is 0.467. The first-order chi connectivity index (χ1) is 8.45. The van der Waals surface area contributed by atoms with E-state index in [9.17, 15) is 9.59 Å². The summed E-state index contributed by atoms with van der Waals surface area (Å²) in [4.78, 5) is 29.8. The van der Waals surface area contributed by atoms with E-state index >= 15 is 0 Å². The number of fused-ring (bicyclic) bond motifs is 1. The largest absolute Gasteiger partial charge is 0.293 e. The Hall–Kier alpha value is -1.73. The first-order valence-electron chi connectivity index (χ1n) is 5.42. The zero-order valence-corrected chi connectivity index (χ0v) is 11.2. The summed E-state index contributed by atoms with van der Waals surface area (Å²) in [6.07, 6.45) is 0. The molecular weight excluding hydrogens is 252 g/mol. The Labute approximate surface area is 107 Å². The third-order valence-corrected chi connectivity index (χ3v) is 4.04. The second kappa shape index (κ2) is 4.51. The lowest BCUT2D eigenvalue weighted by atomic mass is 10.2. The maximum absolute atomic E-state index is 12.3. The molecule has 0 aliphatic carbocycles. The number of nitrogens with one attached hydrogen (secondary N) is 1. The van der Waals surface area contributed by atoms with E-state index in [-0.39, 0.29) is 12.1 Å². The van der Waals surface area contributed by atoms with Gasteiger partial charge in [-0.15, -0.1) is 11.3 Å². The summed E-state index contributed by atoms with van der Waals surface area (Å²) < 4.78 is 1.34. The summed E-state index contributed by atoms with van der Waals surface area (Å²) in [5.41, 5.74) is 2.75. The average Bonchev–Trinajstić information content (AvgIpc) is 2.60. The van der Waals surface area contributed by atoms with Gasteiger partial charge in [-0.05, 0) is 26.3 Å². The number of rotatable bonds is 2. The lowest BCUT2D eigenvalue weighted by molar-refractivity contribution is -0.121. The van der Waals surface area contributed by atoms with Crippen molar-refractivity contribution in [1.29, 1.82) is 0 Å². The average molecular weight is 266 g/mol. The van der Waals surface area contributed by atoms with E-state index < -0.39 is 5.91 Å². The van der Waals surface area contributed by atoms with E-state index in [0.29, 0.717) is 11.2 Å². The van der Waals surface area contributed by atoms with Crippen LogP contribution in [0.15, 0.2) is 4.79 Å². The lowest BCUT2D eigenvalue weighted by Gasteiger charge is -2.08. The second-order valence-corrected chi connectivity index (χ2v) is 5.28. The van der Waals surface area contributed by atoms with E-state index in [1.165, 1.54) is 15.9 Å². The third kappa shape index (κ3) is 1.91. The van der Waals surface area contributed by atoms with Crippen LogP contribution < -0.4 is 16.8 Å². The predicted molar refractivity (Wildman–Crippen MR) is 70.4 cm³/mol. The number of nitrogens with zero attached hydrogens (tertiary/aromatic N) is 2. The minimum atomic E-state index is -0.425. The van der Waals surface area contributed by atoms with Gasteiger partial charge in [-0.1, -0.05) is 0 Å². The van der Waals surface area contributed by atoms with Gasteiger partial charge < -0.3 is 0 Å². The summed E-state index contributed by atoms with van der Waals surface area (Å²) in [6.45, 7) is 5.43. The summed E-state index contributed by atoms with van der Waals surface area (Å²) in [6, 6.07) is 0. The van der Waals surface area contributed by atoms with Gasteiger partial charge in [0.25, 0.3) is 11.5 Å². The van der Waals surface area contributed by atoms with Gasteiger partial charge in [0.05, 0.1) is 5.39 Å². The molecule has 96 valence electrons. The van der Waals surface area contributed by atoms with Crippen molar-refractivity contribution in [2.24, 2.45) is 5.84 Å². The minimum Gasteiger partial charge on any atom is -0.293 e. The normalized spacial score (nSPS) is 10.9. The number of hydrogen-bond acceptors (Lipinski definition) is 5. The number of hydrogen-bond donors (Lipinski definition) is 2. The van der Waals surface area contributed by atoms with Gasteiger partial charge in [-0.2, -0.15) is 0 Å². The van der Waals surface area contributed by atoms with E-state index in [2.05, 4.69) is 4.98 Å². The number of carbonyl (C=O) groups excluding carboxylic acids is 1. The molecule has 0 atom stereocenters. The molecule has 0 aliphatic heterocycles. The molecule has 0 spiro atoms. The second-order valence-electron chi connectivity index (χ2n) is 4.08. The summed E-state index contributed by atoms with van der Waals surface area (Å²) in [5, 5.41) is 0.591. The van der Waals surface area contributed by atoms with Crippen LogP contribution in [0.4, 0.5) is 0 Å². The zero-order chi connectivity index (χ0) is 13.4. The molecule has 0 radical (unpaired) electrons. The van der Waals surface area contributed by atoms with Crippen molar-refractivity contribution >= 4 is 27.5 Å². The highest BCUT2D eigenvalue weighted by molar-refractivity contribution is 7.18. The first kappa shape index (κ1) is 12.7. The van der Waals surface area contributed by atoms with Crippen LogP contribution in [-0.2, 0) is 11.3 Å². The van der Waals surface area contributed by atoms with Crippen LogP contribution in [0.1, 0.15) is 16.3 Å². The van der Waals surface area contributed by atoms with E-state index in [4.69, 9.17) is 5.84 Å². The monoisotopic (exact) mass is 266 g/mol. The number of hydrazine groups is 1. The minimum absolute atomic E-state index is 0.113. The molecule has 0 aromatic carbocycles. The molecule has 0 fully saturated rings. The summed E-state index contributed by atoms with van der Waals surface area (Å²) in [5.74, 6) is 5.12. The molecule has 0 saturated heterocycles. The van der Waals surface area contributed by atoms with E-state index in [1.54, 1.807) is 6.92 Å². The van der Waals surface area contributed by atoms with Crippen molar-refractivity contribution in [1.82, 2.24) is 15.0 Å². The van der Waals surface area contributed by atoms with Crippen molar-refractivity contribution < 1.29 is 4.79 Å². The van der Waals surface area contributed by atoms with Crippen molar-refractivity contribution in [3.05, 3.63) is 26.6 Å². The molecule has 2 rings (SSSR count). The summed E-state index contributed by atoms with van der Waals surface area (Å²) in [7, 11) is 0. The smallest absolute Gasteiger partial charge is 0.263 e. The highest BCUT2D eigenvalue weighted by Crippen LogP contribution is 2.25. The standard InChI is InChI=1S/C11H14N4O2S/c1-5-6(2)18-10-9(5)11(17)15(7(3)13-10)4-8(16)14-12/h4,12H2,1-3H3,(H,14,16). The number of carbonyl (C=O) groups is 1. The maximum atomic E-state index is 12.3. The van der Waals surface area contributed by atoms with Crippen LogP contribution in [-0.4, -0.2) is 15.5 Å². The molecule has 18 heavy (non-hydrogen) atoms. The van der Waals surface area contributed by atoms with Crippen LogP contribution in [0.2, 0.25) is 0 Å². The van der Waals surface area contributed by atoms with Crippen LogP contribution in [0.5, 0.6) is 0 Å². The molecule has 7 heteroatoms. The van der Waals surface area contributed by atoms with Gasteiger partial charge in [0.2, 0.25) is 0 Å². The Morgan fingerprint density at radius 3 is 2.72 bits per heavy atom. The van der Waals surface area contributed by atoms with Crippen molar-refractivity contribution in [2.75, 3.05) is 0 Å². The van der Waals surface area contributed by atoms with Gasteiger partial charge in [0.15, 0.2) is 0 Å². The SMILES string of the molecule is Cc1sc2nc(C)n(CC(=O)NN)c(=O)c2c1C. The molecule has 0 aliphatic rings. The molecule has 3 N–H and O–H groups in total. The number of thiophene rings is 1. The maximum Gasteiger partial charge on any atom is 0.263 e. The molecular formula is C11H14N4O2S. The molecule has 0 saturated carbocycles. The Balaban J connectivity index is 2.71. The number of aromatic nitrogens is 2. The Morgan fingerprint density at radius 2 is 2.11 bits per heavy atom. The fourth-order valence-corrected chi connectivity index (χ4v) is 2.87. The Bertz CT molecular complexity index is 686. The van der Waals surface area contributed by atoms with Crippen molar-refractivity contribution in [2.45, 2.75) is 27.3 Å². The predicted octanol–water partition coefficient (Wildman–Crippen LogP) is 0.373. The van der Waals surface area contributed by atoms with Gasteiger partial charge in [-0.25, -0.2) is 10.8 Å². The molecule has 0 bridgehead atoms. The Morgan fingerprint density at radius 1 is 1.44 bits per heavy atom. The zero-order valence-electron chi connectivity index (χ0n) is 10.4. The van der Waals surface area contributed by atoms with Gasteiger partial charge in [-0.3, -0.25) is 19.6 Å². The van der Waals surface area contributed by atoms with E-state index in [1.807, 2.05) is 19.3 Å². The molecule has 2 aromatic rings. The van der Waals surface area contributed by atoms with Crippen molar-refractivity contribution in [3.8, 4) is 0 Å². The molecule has 2 heterocycles. The third-order valence-electron chi connectivity index (χ3n) is 2.94. The Kier molecular flexibility index (Phi) is 3.18. The molecule has 2 aromatic heterocycles. The van der Waals surface area contributed by atoms with Crippen molar-refractivity contribution in [3.63, 3.8) is 0 Å². The highest BCUT2D eigenvalue weighted by Gasteiger charge is 2.15.